The number of halogens is 2. The van der Waals surface area contributed by atoms with Gasteiger partial charge in [-0.25, -0.2) is 0 Å². The molecule has 2 N–H and O–H groups in total. The maximum absolute atomic E-state index is 10.00. The molecule has 0 aliphatic carbocycles. The predicted molar refractivity (Wildman–Crippen MR) is 90.4 cm³/mol. The maximum atomic E-state index is 10.00. The average Bonchev–Trinajstić information content (AvgIpc) is 2.48. The largest absolute Gasteiger partial charge is 0.506 e. The lowest BCUT2D eigenvalue weighted by molar-refractivity contribution is 0.319. The van der Waals surface area contributed by atoms with E-state index in [0.29, 0.717) is 22.6 Å². The Hall–Kier alpha value is -1.39. The lowest BCUT2D eigenvalue weighted by Crippen LogP contribution is -2.04. The number of phenols is 1. The van der Waals surface area contributed by atoms with E-state index >= 15 is 0 Å². The van der Waals surface area contributed by atoms with E-state index in [1.165, 1.54) is 0 Å². The Balaban J connectivity index is 2.15. The van der Waals surface area contributed by atoms with E-state index in [1.54, 1.807) is 12.1 Å². The standard InChI is InChI=1S/C16H17BrClNO2/c1-2-8-21-15-7-6-12(18)9-14(15)19-10-11-4-3-5-13(17)16(11)20/h3-7,9,19-20H,2,8,10H2,1H3. The SMILES string of the molecule is CCCOc1ccc(Cl)cc1NCc1cccc(Br)c1O. The van der Waals surface area contributed by atoms with Gasteiger partial charge in [-0.15, -0.1) is 0 Å². The van der Waals surface area contributed by atoms with Crippen LogP contribution < -0.4 is 10.1 Å². The number of phenolic OH excluding ortho intramolecular Hbond substituents is 1. The first kappa shape index (κ1) is 16.0. The summed E-state index contributed by atoms with van der Waals surface area (Å²) in [5.74, 6) is 0.999. The van der Waals surface area contributed by atoms with Crippen LogP contribution in [0.25, 0.3) is 0 Å². The smallest absolute Gasteiger partial charge is 0.142 e. The van der Waals surface area contributed by atoms with Crippen LogP contribution in [0.2, 0.25) is 5.02 Å². The van der Waals surface area contributed by atoms with Gasteiger partial charge in [0.05, 0.1) is 16.8 Å². The van der Waals surface area contributed by atoms with Crippen molar-refractivity contribution in [3.63, 3.8) is 0 Å². The van der Waals surface area contributed by atoms with E-state index in [9.17, 15) is 5.11 Å². The van der Waals surface area contributed by atoms with Gasteiger partial charge < -0.3 is 15.2 Å². The molecule has 2 aromatic rings. The molecule has 0 unspecified atom stereocenters. The van der Waals surface area contributed by atoms with Crippen LogP contribution in [-0.4, -0.2) is 11.7 Å². The number of para-hydroxylation sites is 1. The van der Waals surface area contributed by atoms with E-state index in [1.807, 2.05) is 24.3 Å². The monoisotopic (exact) mass is 369 g/mol. The second-order valence-electron chi connectivity index (χ2n) is 4.59. The zero-order chi connectivity index (χ0) is 15.2. The summed E-state index contributed by atoms with van der Waals surface area (Å²) in [7, 11) is 0. The summed E-state index contributed by atoms with van der Waals surface area (Å²) >= 11 is 9.35. The van der Waals surface area contributed by atoms with Crippen molar-refractivity contribution >= 4 is 33.2 Å². The molecule has 0 saturated carbocycles. The number of anilines is 1. The zero-order valence-corrected chi connectivity index (χ0v) is 14.0. The maximum Gasteiger partial charge on any atom is 0.142 e. The van der Waals surface area contributed by atoms with Crippen molar-refractivity contribution in [2.45, 2.75) is 19.9 Å². The first-order valence-electron chi connectivity index (χ1n) is 6.74. The van der Waals surface area contributed by atoms with Gasteiger partial charge in [-0.05, 0) is 46.6 Å². The molecule has 112 valence electrons. The van der Waals surface area contributed by atoms with E-state index in [0.717, 1.165) is 23.4 Å². The van der Waals surface area contributed by atoms with Gasteiger partial charge in [-0.3, -0.25) is 0 Å². The Morgan fingerprint density at radius 2 is 2.10 bits per heavy atom. The van der Waals surface area contributed by atoms with Crippen LogP contribution in [0, 0.1) is 0 Å². The summed E-state index contributed by atoms with van der Waals surface area (Å²) in [6.45, 7) is 3.19. The van der Waals surface area contributed by atoms with Gasteiger partial charge in [0, 0.05) is 17.1 Å². The molecule has 3 nitrogen and oxygen atoms in total. The van der Waals surface area contributed by atoms with Gasteiger partial charge in [-0.2, -0.15) is 0 Å². The fraction of sp³-hybridized carbons (Fsp3) is 0.250. The third-order valence-electron chi connectivity index (χ3n) is 2.94. The highest BCUT2D eigenvalue weighted by Gasteiger charge is 2.08. The summed E-state index contributed by atoms with van der Waals surface area (Å²) in [4.78, 5) is 0. The van der Waals surface area contributed by atoms with Crippen molar-refractivity contribution in [1.82, 2.24) is 0 Å². The van der Waals surface area contributed by atoms with Gasteiger partial charge in [0.1, 0.15) is 11.5 Å². The molecule has 0 aromatic heterocycles. The molecule has 0 spiro atoms. The van der Waals surface area contributed by atoms with Crippen LogP contribution in [0.5, 0.6) is 11.5 Å². The first-order valence-corrected chi connectivity index (χ1v) is 7.91. The number of hydrogen-bond donors (Lipinski definition) is 2. The van der Waals surface area contributed by atoms with Crippen molar-refractivity contribution < 1.29 is 9.84 Å². The van der Waals surface area contributed by atoms with Crippen LogP contribution >= 0.6 is 27.5 Å². The van der Waals surface area contributed by atoms with Crippen LogP contribution in [0.1, 0.15) is 18.9 Å². The van der Waals surface area contributed by atoms with Crippen LogP contribution in [0.3, 0.4) is 0 Å². The molecule has 2 aromatic carbocycles. The lowest BCUT2D eigenvalue weighted by Gasteiger charge is -2.14. The third-order valence-corrected chi connectivity index (χ3v) is 3.82. The molecule has 0 aliphatic rings. The molecule has 0 radical (unpaired) electrons. The minimum Gasteiger partial charge on any atom is -0.506 e. The molecule has 21 heavy (non-hydrogen) atoms. The Labute approximate surface area is 138 Å². The fourth-order valence-electron chi connectivity index (χ4n) is 1.87. The molecular weight excluding hydrogens is 354 g/mol. The normalized spacial score (nSPS) is 10.4. The molecule has 0 aliphatic heterocycles. The van der Waals surface area contributed by atoms with Gasteiger partial charge >= 0.3 is 0 Å². The number of benzene rings is 2. The van der Waals surface area contributed by atoms with E-state index < -0.39 is 0 Å². The van der Waals surface area contributed by atoms with Crippen molar-refractivity contribution in [1.29, 1.82) is 0 Å². The van der Waals surface area contributed by atoms with Crippen LogP contribution in [0.4, 0.5) is 5.69 Å². The van der Waals surface area contributed by atoms with Gasteiger partial charge in [0.25, 0.3) is 0 Å². The number of ether oxygens (including phenoxy) is 1. The molecule has 0 heterocycles. The topological polar surface area (TPSA) is 41.5 Å². The summed E-state index contributed by atoms with van der Waals surface area (Å²) in [6, 6.07) is 11.0. The number of hydrogen-bond acceptors (Lipinski definition) is 3. The Kier molecular flexibility index (Phi) is 5.76. The molecule has 0 fully saturated rings. The molecule has 0 amide bonds. The second-order valence-corrected chi connectivity index (χ2v) is 5.88. The Morgan fingerprint density at radius 3 is 2.86 bits per heavy atom. The second kappa shape index (κ2) is 7.57. The number of rotatable bonds is 6. The minimum absolute atomic E-state index is 0.239. The van der Waals surface area contributed by atoms with Crippen LogP contribution in [0.15, 0.2) is 40.9 Å². The molecular formula is C16H17BrClNO2. The van der Waals surface area contributed by atoms with Crippen LogP contribution in [-0.2, 0) is 6.54 Å². The zero-order valence-electron chi connectivity index (χ0n) is 11.7. The van der Waals surface area contributed by atoms with Gasteiger partial charge in [0.2, 0.25) is 0 Å². The molecule has 2 rings (SSSR count). The molecule has 0 saturated heterocycles. The quantitative estimate of drug-likeness (QED) is 0.733. The van der Waals surface area contributed by atoms with Crippen molar-refractivity contribution in [3.8, 4) is 11.5 Å². The van der Waals surface area contributed by atoms with Gasteiger partial charge in [0.15, 0.2) is 0 Å². The fourth-order valence-corrected chi connectivity index (χ4v) is 2.45. The van der Waals surface area contributed by atoms with Gasteiger partial charge in [-0.1, -0.05) is 30.7 Å². The molecule has 0 bridgehead atoms. The first-order chi connectivity index (χ1) is 10.1. The van der Waals surface area contributed by atoms with Crippen molar-refractivity contribution in [2.75, 3.05) is 11.9 Å². The predicted octanol–water partition coefficient (Wildman–Crippen LogP) is 5.21. The lowest BCUT2D eigenvalue weighted by atomic mass is 10.2. The summed E-state index contributed by atoms with van der Waals surface area (Å²) < 4.78 is 6.37. The Morgan fingerprint density at radius 1 is 1.29 bits per heavy atom. The highest BCUT2D eigenvalue weighted by molar-refractivity contribution is 9.10. The Bertz CT molecular complexity index is 619. The third kappa shape index (κ3) is 4.29. The minimum atomic E-state index is 0.239. The highest BCUT2D eigenvalue weighted by Crippen LogP contribution is 2.31. The number of aromatic hydroxyl groups is 1. The molecule has 0 atom stereocenters. The highest BCUT2D eigenvalue weighted by atomic mass is 79.9. The van der Waals surface area contributed by atoms with E-state index in [2.05, 4.69) is 28.2 Å². The summed E-state index contributed by atoms with van der Waals surface area (Å²) in [6.07, 6.45) is 0.939. The average molecular weight is 371 g/mol. The van der Waals surface area contributed by atoms with Crippen molar-refractivity contribution in [2.24, 2.45) is 0 Å². The number of nitrogens with one attached hydrogen (secondary N) is 1. The summed E-state index contributed by atoms with van der Waals surface area (Å²) in [5, 5.41) is 13.9. The molecule has 5 heteroatoms. The summed E-state index contributed by atoms with van der Waals surface area (Å²) in [5.41, 5.74) is 1.61. The van der Waals surface area contributed by atoms with E-state index in [4.69, 9.17) is 16.3 Å². The van der Waals surface area contributed by atoms with Crippen molar-refractivity contribution in [3.05, 3.63) is 51.5 Å². The van der Waals surface area contributed by atoms with E-state index in [-0.39, 0.29) is 5.75 Å².